The summed E-state index contributed by atoms with van der Waals surface area (Å²) in [6.45, 7) is 11.5. The van der Waals surface area contributed by atoms with Gasteiger partial charge in [0.2, 0.25) is 0 Å². The number of carbonyl (C=O) groups is 1. The highest BCUT2D eigenvalue weighted by atomic mass is 32.2. The maximum absolute atomic E-state index is 13.1. The SMILES string of the molecule is CC[C@H](C)NC(=O)c1cc(NS(=O)(=O)c2ccc(CC(C)C)cc2)ccc1N1CCNCC1. The molecular formula is C25H36N4O3S. The molecule has 0 aliphatic carbocycles. The Balaban J connectivity index is 1.87. The number of benzene rings is 2. The van der Waals surface area contributed by atoms with Crippen molar-refractivity contribution in [3.8, 4) is 0 Å². The van der Waals surface area contributed by atoms with Crippen molar-refractivity contribution in [2.24, 2.45) is 5.92 Å². The van der Waals surface area contributed by atoms with Crippen LogP contribution in [0.3, 0.4) is 0 Å². The molecule has 0 aromatic heterocycles. The van der Waals surface area contributed by atoms with E-state index < -0.39 is 10.0 Å². The summed E-state index contributed by atoms with van der Waals surface area (Å²) in [4.78, 5) is 15.4. The van der Waals surface area contributed by atoms with E-state index in [0.717, 1.165) is 50.3 Å². The van der Waals surface area contributed by atoms with Crippen molar-refractivity contribution < 1.29 is 13.2 Å². The smallest absolute Gasteiger partial charge is 0.261 e. The molecule has 2 aromatic rings. The maximum atomic E-state index is 13.1. The van der Waals surface area contributed by atoms with Crippen LogP contribution in [0.25, 0.3) is 0 Å². The van der Waals surface area contributed by atoms with Crippen molar-refractivity contribution >= 4 is 27.3 Å². The van der Waals surface area contributed by atoms with Gasteiger partial charge < -0.3 is 15.5 Å². The van der Waals surface area contributed by atoms with Gasteiger partial charge >= 0.3 is 0 Å². The van der Waals surface area contributed by atoms with E-state index in [1.165, 1.54) is 0 Å². The zero-order valence-electron chi connectivity index (χ0n) is 20.0. The molecule has 1 fully saturated rings. The van der Waals surface area contributed by atoms with Gasteiger partial charge in [0.05, 0.1) is 10.5 Å². The van der Waals surface area contributed by atoms with Crippen LogP contribution in [0.15, 0.2) is 47.4 Å². The molecule has 8 heteroatoms. The number of nitrogens with zero attached hydrogens (tertiary/aromatic N) is 1. The van der Waals surface area contributed by atoms with Gasteiger partial charge in [-0.2, -0.15) is 0 Å². The van der Waals surface area contributed by atoms with Crippen LogP contribution < -0.4 is 20.3 Å². The lowest BCUT2D eigenvalue weighted by molar-refractivity contribution is 0.0939. The second kappa shape index (κ2) is 11.0. The van der Waals surface area contributed by atoms with Crippen LogP contribution >= 0.6 is 0 Å². The molecule has 0 radical (unpaired) electrons. The number of hydrogen-bond acceptors (Lipinski definition) is 5. The van der Waals surface area contributed by atoms with Crippen LogP contribution in [0.5, 0.6) is 0 Å². The number of amides is 1. The Bertz CT molecular complexity index is 1050. The van der Waals surface area contributed by atoms with E-state index in [9.17, 15) is 13.2 Å². The van der Waals surface area contributed by atoms with Gasteiger partial charge in [0.25, 0.3) is 15.9 Å². The van der Waals surface area contributed by atoms with Gasteiger partial charge in [0, 0.05) is 43.6 Å². The van der Waals surface area contributed by atoms with E-state index in [4.69, 9.17) is 0 Å². The standard InChI is InChI=1S/C25H36N4O3S/c1-5-19(4)27-25(30)23-17-21(8-11-24(23)29-14-12-26-13-15-29)28-33(31,32)22-9-6-20(7-10-22)16-18(2)3/h6-11,17-19,26,28H,5,12-16H2,1-4H3,(H,27,30)/t19-/m0/s1. The molecule has 0 unspecified atom stereocenters. The molecule has 1 heterocycles. The number of sulfonamides is 1. The fraction of sp³-hybridized carbons (Fsp3) is 0.480. The lowest BCUT2D eigenvalue weighted by Crippen LogP contribution is -2.44. The number of nitrogens with one attached hydrogen (secondary N) is 3. The fourth-order valence-corrected chi connectivity index (χ4v) is 4.91. The minimum atomic E-state index is -3.77. The predicted octanol–water partition coefficient (Wildman–Crippen LogP) is 3.62. The first-order chi connectivity index (χ1) is 15.7. The number of piperazine rings is 1. The van der Waals surface area contributed by atoms with Crippen molar-refractivity contribution in [3.63, 3.8) is 0 Å². The van der Waals surface area contributed by atoms with Gasteiger partial charge in [-0.25, -0.2) is 8.42 Å². The van der Waals surface area contributed by atoms with Crippen molar-refractivity contribution in [2.45, 2.75) is 51.5 Å². The molecule has 0 spiro atoms. The highest BCUT2D eigenvalue weighted by Gasteiger charge is 2.22. The van der Waals surface area contributed by atoms with Crippen LogP contribution in [0.1, 0.15) is 50.0 Å². The number of carbonyl (C=O) groups excluding carboxylic acids is 1. The zero-order chi connectivity index (χ0) is 24.0. The van der Waals surface area contributed by atoms with Crippen LogP contribution in [0, 0.1) is 5.92 Å². The first-order valence-electron chi connectivity index (χ1n) is 11.7. The lowest BCUT2D eigenvalue weighted by Gasteiger charge is -2.31. The topological polar surface area (TPSA) is 90.5 Å². The molecule has 1 aliphatic rings. The quantitative estimate of drug-likeness (QED) is 0.519. The van der Waals surface area contributed by atoms with E-state index >= 15 is 0 Å². The second-order valence-corrected chi connectivity index (χ2v) is 10.8. The summed E-state index contributed by atoms with van der Waals surface area (Å²) in [5.41, 5.74) is 2.77. The van der Waals surface area contributed by atoms with Crippen LogP contribution in [-0.2, 0) is 16.4 Å². The molecular weight excluding hydrogens is 436 g/mol. The van der Waals surface area contributed by atoms with E-state index in [-0.39, 0.29) is 16.8 Å². The van der Waals surface area contributed by atoms with Crippen molar-refractivity contribution in [1.29, 1.82) is 0 Å². The average molecular weight is 473 g/mol. The monoisotopic (exact) mass is 472 g/mol. The van der Waals surface area contributed by atoms with Gasteiger partial charge in [-0.15, -0.1) is 0 Å². The van der Waals surface area contributed by atoms with E-state index in [2.05, 4.69) is 34.1 Å². The molecule has 3 rings (SSSR count). The highest BCUT2D eigenvalue weighted by Crippen LogP contribution is 2.27. The Morgan fingerprint density at radius 1 is 1.06 bits per heavy atom. The predicted molar refractivity (Wildman–Crippen MR) is 135 cm³/mol. The molecule has 1 amide bonds. The molecule has 0 bridgehead atoms. The summed E-state index contributed by atoms with van der Waals surface area (Å²) < 4.78 is 28.6. The molecule has 0 saturated carbocycles. The average Bonchev–Trinajstić information content (AvgIpc) is 2.79. The van der Waals surface area contributed by atoms with Gasteiger partial charge in [-0.05, 0) is 61.6 Å². The summed E-state index contributed by atoms with van der Waals surface area (Å²) >= 11 is 0. The first kappa shape index (κ1) is 25.1. The molecule has 3 N–H and O–H groups in total. The summed E-state index contributed by atoms with van der Waals surface area (Å²) in [5.74, 6) is 0.303. The van der Waals surface area contributed by atoms with Crippen LogP contribution in [0.2, 0.25) is 0 Å². The molecule has 2 aromatic carbocycles. The summed E-state index contributed by atoms with van der Waals surface area (Å²) in [6.07, 6.45) is 1.71. The Labute approximate surface area is 198 Å². The van der Waals surface area contributed by atoms with Gasteiger partial charge in [0.15, 0.2) is 0 Å². The van der Waals surface area contributed by atoms with Crippen molar-refractivity contribution in [1.82, 2.24) is 10.6 Å². The molecule has 1 saturated heterocycles. The van der Waals surface area contributed by atoms with E-state index in [1.54, 1.807) is 24.3 Å². The van der Waals surface area contributed by atoms with Gasteiger partial charge in [0.1, 0.15) is 0 Å². The second-order valence-electron chi connectivity index (χ2n) is 9.10. The van der Waals surface area contributed by atoms with E-state index in [0.29, 0.717) is 17.2 Å². The third-order valence-corrected chi connectivity index (χ3v) is 7.22. The zero-order valence-corrected chi connectivity index (χ0v) is 20.8. The third kappa shape index (κ3) is 6.71. The van der Waals surface area contributed by atoms with Crippen LogP contribution in [-0.4, -0.2) is 46.5 Å². The Morgan fingerprint density at radius 3 is 2.33 bits per heavy atom. The Morgan fingerprint density at radius 2 is 1.73 bits per heavy atom. The largest absolute Gasteiger partial charge is 0.368 e. The highest BCUT2D eigenvalue weighted by molar-refractivity contribution is 7.92. The van der Waals surface area contributed by atoms with Gasteiger partial charge in [-0.3, -0.25) is 9.52 Å². The summed E-state index contributed by atoms with van der Waals surface area (Å²) in [7, 11) is -3.77. The number of hydrogen-bond donors (Lipinski definition) is 3. The Hall–Kier alpha value is -2.58. The minimum absolute atomic E-state index is 0.0260. The van der Waals surface area contributed by atoms with Crippen LogP contribution in [0.4, 0.5) is 11.4 Å². The fourth-order valence-electron chi connectivity index (χ4n) is 3.86. The van der Waals surface area contributed by atoms with Crippen molar-refractivity contribution in [3.05, 3.63) is 53.6 Å². The molecule has 33 heavy (non-hydrogen) atoms. The van der Waals surface area contributed by atoms with Crippen molar-refractivity contribution in [2.75, 3.05) is 35.8 Å². The minimum Gasteiger partial charge on any atom is -0.368 e. The van der Waals surface area contributed by atoms with Gasteiger partial charge in [-0.1, -0.05) is 32.9 Å². The molecule has 1 atom stereocenters. The lowest BCUT2D eigenvalue weighted by atomic mass is 10.0. The first-order valence-corrected chi connectivity index (χ1v) is 13.2. The van der Waals surface area contributed by atoms with E-state index in [1.807, 2.05) is 32.0 Å². The summed E-state index contributed by atoms with van der Waals surface area (Å²) in [5, 5.41) is 6.33. The maximum Gasteiger partial charge on any atom is 0.261 e. The molecule has 7 nitrogen and oxygen atoms in total. The molecule has 180 valence electrons. The number of anilines is 2. The summed E-state index contributed by atoms with van der Waals surface area (Å²) in [6, 6.07) is 12.2. The molecule has 1 aliphatic heterocycles. The number of rotatable bonds is 9. The third-order valence-electron chi connectivity index (χ3n) is 5.82. The normalized spacial score (nSPS) is 15.4. The Kier molecular flexibility index (Phi) is 8.37.